The number of rotatable bonds is 5. The van der Waals surface area contributed by atoms with Crippen molar-refractivity contribution >= 4 is 24.4 Å². The van der Waals surface area contributed by atoms with Crippen LogP contribution in [0.3, 0.4) is 0 Å². The normalized spacial score (nSPS) is 16.0. The van der Waals surface area contributed by atoms with Crippen LogP contribution in [0.15, 0.2) is 24.3 Å². The van der Waals surface area contributed by atoms with E-state index in [1.807, 2.05) is 45.0 Å². The van der Waals surface area contributed by atoms with Gasteiger partial charge >= 0.3 is 13.2 Å². The van der Waals surface area contributed by atoms with Crippen LogP contribution in [0.5, 0.6) is 0 Å². The average Bonchev–Trinajstić information content (AvgIpc) is 2.59. The lowest BCUT2D eigenvalue weighted by Crippen LogP contribution is -2.53. The van der Waals surface area contributed by atoms with Gasteiger partial charge in [0.2, 0.25) is 0 Å². The molecule has 2 N–H and O–H groups in total. The van der Waals surface area contributed by atoms with Crippen molar-refractivity contribution in [2.45, 2.75) is 65.3 Å². The van der Waals surface area contributed by atoms with E-state index in [4.69, 9.17) is 9.39 Å². The van der Waals surface area contributed by atoms with Crippen LogP contribution in [0.25, 0.3) is 0 Å². The first kappa shape index (κ1) is 23.5. The molecule has 7 nitrogen and oxygen atoms in total. The van der Waals surface area contributed by atoms with Gasteiger partial charge in [0.15, 0.2) is 0 Å². The quantitative estimate of drug-likeness (QED) is 0.728. The number of amides is 1. The van der Waals surface area contributed by atoms with E-state index in [0.717, 1.165) is 5.69 Å². The molecular weight excluding hydrogens is 371 g/mol. The highest BCUT2D eigenvalue weighted by molar-refractivity contribution is 6.60. The highest BCUT2D eigenvalue weighted by Crippen LogP contribution is 2.25. The number of hydrogen-bond acceptors (Lipinski definition) is 6. The van der Waals surface area contributed by atoms with Crippen molar-refractivity contribution in [1.29, 1.82) is 0 Å². The molecule has 162 valence electrons. The summed E-state index contributed by atoms with van der Waals surface area (Å²) in [5.41, 5.74) is -0.859. The van der Waals surface area contributed by atoms with E-state index in [0.29, 0.717) is 31.6 Å². The Balaban J connectivity index is 1.94. The molecule has 1 fully saturated rings. The van der Waals surface area contributed by atoms with Gasteiger partial charge in [0.1, 0.15) is 5.60 Å². The van der Waals surface area contributed by atoms with Crippen LogP contribution < -0.4 is 10.4 Å². The van der Waals surface area contributed by atoms with Crippen molar-refractivity contribution in [3.05, 3.63) is 24.3 Å². The summed E-state index contributed by atoms with van der Waals surface area (Å²) in [5, 5.41) is 20.6. The van der Waals surface area contributed by atoms with E-state index in [1.165, 1.54) is 0 Å². The van der Waals surface area contributed by atoms with Crippen molar-refractivity contribution in [2.24, 2.45) is 0 Å². The van der Waals surface area contributed by atoms with Crippen molar-refractivity contribution in [1.82, 2.24) is 4.90 Å². The van der Waals surface area contributed by atoms with Gasteiger partial charge in [-0.05, 0) is 66.1 Å². The van der Waals surface area contributed by atoms with E-state index in [-0.39, 0.29) is 6.09 Å². The Morgan fingerprint density at radius 2 is 1.48 bits per heavy atom. The molecule has 0 bridgehead atoms. The summed E-state index contributed by atoms with van der Waals surface area (Å²) in [7, 11) is -1.13. The van der Waals surface area contributed by atoms with Crippen LogP contribution in [-0.2, 0) is 9.39 Å². The molecule has 8 heteroatoms. The summed E-state index contributed by atoms with van der Waals surface area (Å²) < 4.78 is 11.1. The van der Waals surface area contributed by atoms with E-state index in [2.05, 4.69) is 4.90 Å². The lowest BCUT2D eigenvalue weighted by Gasteiger charge is -2.38. The predicted molar refractivity (Wildman–Crippen MR) is 116 cm³/mol. The average molecular weight is 406 g/mol. The molecular formula is C21H35BN2O5. The Kier molecular flexibility index (Phi) is 6.92. The maximum Gasteiger partial charge on any atom is 0.491 e. The largest absolute Gasteiger partial charge is 0.491 e. The number of ether oxygens (including phenoxy) is 1. The smallest absolute Gasteiger partial charge is 0.444 e. The standard InChI is InChI=1S/C21H35BN2O5/c1-19(2,3)28-18(25)24-14-12-23(13-15-24)17-10-8-16(9-11-17)22(27)29-21(6,7)20(4,5)26/h8-11,26-27H,12-15H2,1-7H3. The van der Waals surface area contributed by atoms with Crippen LogP contribution in [-0.4, -0.2) is 71.2 Å². The molecule has 0 saturated carbocycles. The topological polar surface area (TPSA) is 82.5 Å². The number of nitrogens with zero attached hydrogens (tertiary/aromatic N) is 2. The maximum absolute atomic E-state index is 12.2. The van der Waals surface area contributed by atoms with Crippen molar-refractivity contribution in [2.75, 3.05) is 31.1 Å². The van der Waals surface area contributed by atoms with Gasteiger partial charge in [0, 0.05) is 31.9 Å². The fourth-order valence-corrected chi connectivity index (χ4v) is 2.81. The molecule has 1 saturated heterocycles. The third kappa shape index (κ3) is 6.36. The summed E-state index contributed by atoms with van der Waals surface area (Å²) >= 11 is 0. The van der Waals surface area contributed by atoms with Gasteiger partial charge in [-0.1, -0.05) is 12.1 Å². The zero-order valence-corrected chi connectivity index (χ0v) is 18.7. The Hall–Kier alpha value is -1.77. The first-order chi connectivity index (χ1) is 13.2. The Morgan fingerprint density at radius 3 is 1.93 bits per heavy atom. The maximum atomic E-state index is 12.2. The molecule has 0 spiro atoms. The molecule has 1 amide bonds. The Labute approximate surface area is 174 Å². The van der Waals surface area contributed by atoms with Gasteiger partial charge < -0.3 is 29.3 Å². The van der Waals surface area contributed by atoms with Crippen molar-refractivity contribution in [3.63, 3.8) is 0 Å². The molecule has 0 aromatic heterocycles. The molecule has 29 heavy (non-hydrogen) atoms. The molecule has 0 radical (unpaired) electrons. The highest BCUT2D eigenvalue weighted by Gasteiger charge is 2.39. The lowest BCUT2D eigenvalue weighted by atomic mass is 9.76. The minimum atomic E-state index is -1.13. The monoisotopic (exact) mass is 406 g/mol. The van der Waals surface area contributed by atoms with Gasteiger partial charge in [-0.3, -0.25) is 0 Å². The van der Waals surface area contributed by atoms with Crippen LogP contribution in [0, 0.1) is 0 Å². The van der Waals surface area contributed by atoms with E-state index in [9.17, 15) is 14.9 Å². The third-order valence-corrected chi connectivity index (χ3v) is 5.35. The molecule has 1 aromatic carbocycles. The second-order valence-electron chi connectivity index (χ2n) is 9.59. The summed E-state index contributed by atoms with van der Waals surface area (Å²) in [6, 6.07) is 7.51. The van der Waals surface area contributed by atoms with E-state index < -0.39 is 23.9 Å². The van der Waals surface area contributed by atoms with Gasteiger partial charge in [0.25, 0.3) is 0 Å². The fourth-order valence-electron chi connectivity index (χ4n) is 2.81. The third-order valence-electron chi connectivity index (χ3n) is 5.35. The second-order valence-corrected chi connectivity index (χ2v) is 9.59. The number of benzene rings is 1. The summed E-state index contributed by atoms with van der Waals surface area (Å²) in [6.45, 7) is 15.0. The summed E-state index contributed by atoms with van der Waals surface area (Å²) in [6.07, 6.45) is -0.276. The van der Waals surface area contributed by atoms with Crippen LogP contribution in [0.1, 0.15) is 48.5 Å². The minimum absolute atomic E-state index is 0.276. The van der Waals surface area contributed by atoms with Crippen LogP contribution in [0.2, 0.25) is 0 Å². The molecule has 1 heterocycles. The minimum Gasteiger partial charge on any atom is -0.444 e. The molecule has 0 atom stereocenters. The number of carbonyl (C=O) groups is 1. The molecule has 0 unspecified atom stereocenters. The van der Waals surface area contributed by atoms with Gasteiger partial charge in [-0.25, -0.2) is 4.79 Å². The van der Waals surface area contributed by atoms with Crippen LogP contribution in [0.4, 0.5) is 10.5 Å². The lowest BCUT2D eigenvalue weighted by molar-refractivity contribution is -0.0982. The second kappa shape index (κ2) is 8.54. The zero-order valence-electron chi connectivity index (χ0n) is 18.7. The van der Waals surface area contributed by atoms with E-state index >= 15 is 0 Å². The summed E-state index contributed by atoms with van der Waals surface area (Å²) in [5.74, 6) is 0. The SMILES string of the molecule is CC(C)(C)OC(=O)N1CCN(c2ccc(B(O)OC(C)(C)C(C)(C)O)cc2)CC1. The number of anilines is 1. The molecule has 1 aromatic rings. The first-order valence-electron chi connectivity index (χ1n) is 10.1. The fraction of sp³-hybridized carbons (Fsp3) is 0.667. The number of carbonyl (C=O) groups excluding carboxylic acids is 1. The van der Waals surface area contributed by atoms with Crippen LogP contribution >= 0.6 is 0 Å². The number of aliphatic hydroxyl groups is 1. The van der Waals surface area contributed by atoms with Crippen molar-refractivity contribution < 1.29 is 24.3 Å². The Bertz CT molecular complexity index is 687. The Morgan fingerprint density at radius 1 is 0.966 bits per heavy atom. The molecule has 1 aliphatic heterocycles. The van der Waals surface area contributed by atoms with E-state index in [1.54, 1.807) is 32.6 Å². The van der Waals surface area contributed by atoms with Gasteiger partial charge in [-0.2, -0.15) is 0 Å². The molecule has 1 aliphatic rings. The van der Waals surface area contributed by atoms with Gasteiger partial charge in [0.05, 0.1) is 11.2 Å². The predicted octanol–water partition coefficient (Wildman–Crippen LogP) is 2.00. The van der Waals surface area contributed by atoms with Crippen molar-refractivity contribution in [3.8, 4) is 0 Å². The molecule has 0 aliphatic carbocycles. The number of piperazine rings is 1. The first-order valence-corrected chi connectivity index (χ1v) is 10.1. The molecule has 2 rings (SSSR count). The zero-order chi connectivity index (χ0) is 22.0. The van der Waals surface area contributed by atoms with Gasteiger partial charge in [-0.15, -0.1) is 0 Å². The summed E-state index contributed by atoms with van der Waals surface area (Å²) in [4.78, 5) is 16.1. The highest BCUT2D eigenvalue weighted by atomic mass is 16.6. The number of hydrogen-bond donors (Lipinski definition) is 2.